The van der Waals surface area contributed by atoms with Crippen LogP contribution in [-0.4, -0.2) is 9.97 Å². The van der Waals surface area contributed by atoms with E-state index in [-0.39, 0.29) is 0 Å². The van der Waals surface area contributed by atoms with Crippen LogP contribution in [0.3, 0.4) is 0 Å². The van der Waals surface area contributed by atoms with Crippen LogP contribution in [0.1, 0.15) is 41.3 Å². The van der Waals surface area contributed by atoms with E-state index in [1.54, 1.807) is 0 Å². The predicted octanol–water partition coefficient (Wildman–Crippen LogP) is 5.52. The van der Waals surface area contributed by atoms with E-state index in [1.807, 2.05) is 18.2 Å². The molecule has 0 radical (unpaired) electrons. The van der Waals surface area contributed by atoms with Crippen molar-refractivity contribution in [3.05, 3.63) is 71.6 Å². The number of imidazole rings is 1. The SMILES string of the molecule is C=C(c1ccc(C(F)(F)F)cc1)c1cccc2[nH]c(C3CC3)nc12. The molecule has 4 rings (SSSR count). The van der Waals surface area contributed by atoms with Gasteiger partial charge in [0.2, 0.25) is 0 Å². The molecule has 5 heteroatoms. The Kier molecular flexibility index (Phi) is 3.27. The quantitative estimate of drug-likeness (QED) is 0.674. The van der Waals surface area contributed by atoms with Crippen molar-refractivity contribution in [3.63, 3.8) is 0 Å². The van der Waals surface area contributed by atoms with Gasteiger partial charge in [0.1, 0.15) is 5.82 Å². The Morgan fingerprint density at radius 1 is 1.08 bits per heavy atom. The first-order valence-electron chi connectivity index (χ1n) is 7.79. The Balaban J connectivity index is 1.72. The Morgan fingerprint density at radius 3 is 2.42 bits per heavy atom. The van der Waals surface area contributed by atoms with E-state index in [4.69, 9.17) is 0 Å². The molecule has 1 fully saturated rings. The normalized spacial score (nSPS) is 15.0. The number of H-pyrrole nitrogens is 1. The predicted molar refractivity (Wildman–Crippen MR) is 87.6 cm³/mol. The van der Waals surface area contributed by atoms with E-state index in [0.29, 0.717) is 17.1 Å². The van der Waals surface area contributed by atoms with Crippen LogP contribution in [0.4, 0.5) is 13.2 Å². The summed E-state index contributed by atoms with van der Waals surface area (Å²) in [7, 11) is 0. The van der Waals surface area contributed by atoms with E-state index in [9.17, 15) is 13.2 Å². The van der Waals surface area contributed by atoms with Gasteiger partial charge in [-0.1, -0.05) is 30.8 Å². The molecule has 1 saturated carbocycles. The highest BCUT2D eigenvalue weighted by Gasteiger charge is 2.30. The van der Waals surface area contributed by atoms with Gasteiger partial charge in [-0.25, -0.2) is 4.98 Å². The number of halogens is 3. The van der Waals surface area contributed by atoms with Crippen LogP contribution < -0.4 is 0 Å². The first-order chi connectivity index (χ1) is 11.4. The van der Waals surface area contributed by atoms with Gasteiger partial charge in [0.25, 0.3) is 0 Å². The van der Waals surface area contributed by atoms with Gasteiger partial charge in [0, 0.05) is 11.5 Å². The van der Waals surface area contributed by atoms with E-state index in [1.165, 1.54) is 12.1 Å². The van der Waals surface area contributed by atoms with Crippen molar-refractivity contribution >= 4 is 16.6 Å². The number of hydrogen-bond acceptors (Lipinski definition) is 1. The summed E-state index contributed by atoms with van der Waals surface area (Å²) in [6, 6.07) is 10.8. The summed E-state index contributed by atoms with van der Waals surface area (Å²) in [5.74, 6) is 1.49. The van der Waals surface area contributed by atoms with Crippen molar-refractivity contribution in [2.24, 2.45) is 0 Å². The lowest BCUT2D eigenvalue weighted by Crippen LogP contribution is -2.04. The van der Waals surface area contributed by atoms with Crippen molar-refractivity contribution in [1.29, 1.82) is 0 Å². The lowest BCUT2D eigenvalue weighted by atomic mass is 9.97. The second-order valence-electron chi connectivity index (χ2n) is 6.15. The van der Waals surface area contributed by atoms with Gasteiger partial charge in [-0.3, -0.25) is 0 Å². The summed E-state index contributed by atoms with van der Waals surface area (Å²) >= 11 is 0. The minimum Gasteiger partial charge on any atom is -0.342 e. The molecule has 0 bridgehead atoms. The van der Waals surface area contributed by atoms with Gasteiger partial charge in [-0.15, -0.1) is 0 Å². The van der Waals surface area contributed by atoms with Gasteiger partial charge < -0.3 is 4.98 Å². The lowest BCUT2D eigenvalue weighted by molar-refractivity contribution is -0.137. The number of aromatic nitrogens is 2. The van der Waals surface area contributed by atoms with Gasteiger partial charge in [-0.05, 0) is 42.2 Å². The smallest absolute Gasteiger partial charge is 0.342 e. The molecule has 1 aliphatic rings. The molecule has 1 N–H and O–H groups in total. The van der Waals surface area contributed by atoms with Gasteiger partial charge in [0.05, 0.1) is 16.6 Å². The Bertz CT molecular complexity index is 916. The van der Waals surface area contributed by atoms with Gasteiger partial charge in [-0.2, -0.15) is 13.2 Å². The van der Waals surface area contributed by atoms with Crippen LogP contribution in [0.2, 0.25) is 0 Å². The summed E-state index contributed by atoms with van der Waals surface area (Å²) in [4.78, 5) is 8.01. The first-order valence-corrected chi connectivity index (χ1v) is 7.79. The molecule has 0 unspecified atom stereocenters. The fourth-order valence-electron chi connectivity index (χ4n) is 2.86. The van der Waals surface area contributed by atoms with Crippen LogP contribution in [0.5, 0.6) is 0 Å². The molecule has 0 spiro atoms. The molecule has 0 aliphatic heterocycles. The molecular weight excluding hydrogens is 313 g/mol. The zero-order chi connectivity index (χ0) is 16.9. The number of aromatic amines is 1. The number of benzene rings is 2. The zero-order valence-electron chi connectivity index (χ0n) is 12.8. The highest BCUT2D eigenvalue weighted by Crippen LogP contribution is 2.40. The van der Waals surface area contributed by atoms with Crippen molar-refractivity contribution in [3.8, 4) is 0 Å². The van der Waals surface area contributed by atoms with Crippen molar-refractivity contribution in [1.82, 2.24) is 9.97 Å². The average molecular weight is 328 g/mol. The summed E-state index contributed by atoms with van der Waals surface area (Å²) in [6.07, 6.45) is -2.04. The molecule has 1 aromatic heterocycles. The van der Waals surface area contributed by atoms with Crippen LogP contribution in [0.25, 0.3) is 16.6 Å². The van der Waals surface area contributed by atoms with E-state index in [0.717, 1.165) is 47.4 Å². The third kappa shape index (κ3) is 2.60. The summed E-state index contributed by atoms with van der Waals surface area (Å²) in [5, 5.41) is 0. The minimum atomic E-state index is -4.33. The fourth-order valence-corrected chi connectivity index (χ4v) is 2.86. The van der Waals surface area contributed by atoms with Gasteiger partial charge >= 0.3 is 6.18 Å². The maximum atomic E-state index is 12.7. The Morgan fingerprint density at radius 2 is 1.79 bits per heavy atom. The average Bonchev–Trinajstić information content (AvgIpc) is 3.32. The third-order valence-corrected chi connectivity index (χ3v) is 4.38. The summed E-state index contributed by atoms with van der Waals surface area (Å²) < 4.78 is 38.1. The van der Waals surface area contributed by atoms with Crippen molar-refractivity contribution in [2.75, 3.05) is 0 Å². The van der Waals surface area contributed by atoms with E-state index < -0.39 is 11.7 Å². The molecule has 0 atom stereocenters. The monoisotopic (exact) mass is 328 g/mol. The third-order valence-electron chi connectivity index (χ3n) is 4.38. The molecule has 2 aromatic carbocycles. The first kappa shape index (κ1) is 15.0. The number of nitrogens with zero attached hydrogens (tertiary/aromatic N) is 1. The molecule has 2 nitrogen and oxygen atoms in total. The second kappa shape index (κ2) is 5.23. The number of para-hydroxylation sites is 1. The highest BCUT2D eigenvalue weighted by atomic mass is 19.4. The molecule has 0 saturated heterocycles. The molecule has 1 aliphatic carbocycles. The molecule has 24 heavy (non-hydrogen) atoms. The zero-order valence-corrected chi connectivity index (χ0v) is 12.8. The summed E-state index contributed by atoms with van der Waals surface area (Å²) in [5.41, 5.74) is 3.27. The second-order valence-corrected chi connectivity index (χ2v) is 6.15. The van der Waals surface area contributed by atoms with Crippen LogP contribution in [-0.2, 0) is 6.18 Å². The number of rotatable bonds is 3. The van der Waals surface area contributed by atoms with Crippen LogP contribution >= 0.6 is 0 Å². The maximum absolute atomic E-state index is 12.7. The van der Waals surface area contributed by atoms with E-state index in [2.05, 4.69) is 16.5 Å². The van der Waals surface area contributed by atoms with Gasteiger partial charge in [0.15, 0.2) is 0 Å². The lowest BCUT2D eigenvalue weighted by Gasteiger charge is -2.10. The number of nitrogens with one attached hydrogen (secondary N) is 1. The van der Waals surface area contributed by atoms with Crippen LogP contribution in [0.15, 0.2) is 49.0 Å². The highest BCUT2D eigenvalue weighted by molar-refractivity contribution is 5.93. The molecule has 122 valence electrons. The van der Waals surface area contributed by atoms with E-state index >= 15 is 0 Å². The number of fused-ring (bicyclic) bond motifs is 1. The number of alkyl halides is 3. The fraction of sp³-hybridized carbons (Fsp3) is 0.211. The van der Waals surface area contributed by atoms with Crippen molar-refractivity contribution < 1.29 is 13.2 Å². The summed E-state index contributed by atoms with van der Waals surface area (Å²) in [6.45, 7) is 4.07. The standard InChI is InChI=1S/C19H15F3N2/c1-11(12-7-9-14(10-8-12)19(20,21)22)15-3-2-4-16-17(15)24-18(23-16)13-5-6-13/h2-4,7-10,13H,1,5-6H2,(H,23,24). The molecule has 3 aromatic rings. The Labute approximate surface area is 137 Å². The molecular formula is C19H15F3N2. The molecule has 0 amide bonds. The Hall–Kier alpha value is -2.56. The van der Waals surface area contributed by atoms with Crippen molar-refractivity contribution in [2.45, 2.75) is 24.9 Å². The number of hydrogen-bond donors (Lipinski definition) is 1. The minimum absolute atomic E-state index is 0.504. The largest absolute Gasteiger partial charge is 0.416 e. The molecule has 1 heterocycles. The van der Waals surface area contributed by atoms with Crippen LogP contribution in [0, 0.1) is 0 Å². The maximum Gasteiger partial charge on any atom is 0.416 e. The topological polar surface area (TPSA) is 28.7 Å².